The summed E-state index contributed by atoms with van der Waals surface area (Å²) in [6, 6.07) is 0. The van der Waals surface area contributed by atoms with Gasteiger partial charge in [-0.2, -0.15) is 0 Å². The van der Waals surface area contributed by atoms with Crippen LogP contribution in [0.2, 0.25) is 0 Å². The summed E-state index contributed by atoms with van der Waals surface area (Å²) in [5, 5.41) is 11.4. The molecule has 7 nitrogen and oxygen atoms in total. The van der Waals surface area contributed by atoms with Gasteiger partial charge in [0.2, 0.25) is 0 Å². The molecule has 3 N–H and O–H groups in total. The fourth-order valence-electron chi connectivity index (χ4n) is 1.69. The van der Waals surface area contributed by atoms with Gasteiger partial charge in [0.05, 0.1) is 25.1 Å². The number of nitrogens with two attached hydrogens (primary N) is 1. The SMILES string of the molecule is CC1CN(c2cnc(C(N)=NO)cn2)CCO1. The zero-order valence-electron chi connectivity index (χ0n) is 9.58. The molecular formula is C10H15N5O2. The summed E-state index contributed by atoms with van der Waals surface area (Å²) >= 11 is 0. The van der Waals surface area contributed by atoms with E-state index in [2.05, 4.69) is 20.0 Å². The molecule has 0 saturated carbocycles. The molecule has 92 valence electrons. The quantitative estimate of drug-likeness (QED) is 0.320. The minimum absolute atomic E-state index is 0.0422. The Balaban J connectivity index is 2.12. The maximum Gasteiger partial charge on any atom is 0.190 e. The average molecular weight is 237 g/mol. The van der Waals surface area contributed by atoms with Gasteiger partial charge in [-0.25, -0.2) is 9.97 Å². The van der Waals surface area contributed by atoms with Crippen LogP contribution in [0.4, 0.5) is 5.82 Å². The Labute approximate surface area is 98.9 Å². The van der Waals surface area contributed by atoms with Crippen LogP contribution in [0.15, 0.2) is 17.5 Å². The monoisotopic (exact) mass is 237 g/mol. The van der Waals surface area contributed by atoms with E-state index >= 15 is 0 Å². The highest BCUT2D eigenvalue weighted by Gasteiger charge is 2.18. The van der Waals surface area contributed by atoms with Crippen LogP contribution in [0.3, 0.4) is 0 Å². The van der Waals surface area contributed by atoms with E-state index in [0.717, 1.165) is 18.9 Å². The van der Waals surface area contributed by atoms with Crippen molar-refractivity contribution in [2.75, 3.05) is 24.6 Å². The second kappa shape index (κ2) is 4.96. The lowest BCUT2D eigenvalue weighted by atomic mass is 10.3. The summed E-state index contributed by atoms with van der Waals surface area (Å²) in [7, 11) is 0. The summed E-state index contributed by atoms with van der Waals surface area (Å²) in [6.07, 6.45) is 3.30. The predicted molar refractivity (Wildman–Crippen MR) is 62.2 cm³/mol. The lowest BCUT2D eigenvalue weighted by molar-refractivity contribution is 0.0529. The molecule has 7 heteroatoms. The number of ether oxygens (including phenoxy) is 1. The summed E-state index contributed by atoms with van der Waals surface area (Å²) in [5.74, 6) is 0.731. The summed E-state index contributed by atoms with van der Waals surface area (Å²) < 4.78 is 5.45. The molecule has 1 saturated heterocycles. The van der Waals surface area contributed by atoms with E-state index < -0.39 is 0 Å². The maximum atomic E-state index is 8.51. The Morgan fingerprint density at radius 1 is 1.59 bits per heavy atom. The van der Waals surface area contributed by atoms with Crippen molar-refractivity contribution in [2.24, 2.45) is 10.9 Å². The number of amidine groups is 1. The third kappa shape index (κ3) is 2.62. The van der Waals surface area contributed by atoms with Gasteiger partial charge in [0.15, 0.2) is 5.84 Å². The van der Waals surface area contributed by atoms with Gasteiger partial charge >= 0.3 is 0 Å². The molecule has 0 aliphatic carbocycles. The standard InChI is InChI=1S/C10H15N5O2/c1-7-6-15(2-3-17-7)9-5-12-8(4-13-9)10(11)14-16/h4-5,7,16H,2-3,6H2,1H3,(H2,11,14). The van der Waals surface area contributed by atoms with Crippen LogP contribution < -0.4 is 10.6 Å². The number of oxime groups is 1. The zero-order valence-corrected chi connectivity index (χ0v) is 9.58. The number of morpholine rings is 1. The Morgan fingerprint density at radius 3 is 3.00 bits per heavy atom. The first kappa shape index (κ1) is 11.6. The molecule has 0 bridgehead atoms. The number of anilines is 1. The topological polar surface area (TPSA) is 96.9 Å². The van der Waals surface area contributed by atoms with E-state index in [-0.39, 0.29) is 11.9 Å². The van der Waals surface area contributed by atoms with Crippen LogP contribution in [0.1, 0.15) is 12.6 Å². The Hall–Kier alpha value is -1.89. The minimum Gasteiger partial charge on any atom is -0.409 e. The average Bonchev–Trinajstić information content (AvgIpc) is 2.38. The molecule has 0 radical (unpaired) electrons. The number of hydrogen-bond acceptors (Lipinski definition) is 6. The Kier molecular flexibility index (Phi) is 3.38. The molecule has 0 spiro atoms. The second-order valence-corrected chi connectivity index (χ2v) is 3.87. The van der Waals surface area contributed by atoms with E-state index in [1.165, 1.54) is 6.20 Å². The first-order chi connectivity index (χ1) is 8.20. The molecule has 2 rings (SSSR count). The van der Waals surface area contributed by atoms with Gasteiger partial charge in [0.1, 0.15) is 11.5 Å². The molecule has 1 fully saturated rings. The molecule has 1 atom stereocenters. The van der Waals surface area contributed by atoms with Gasteiger partial charge in [-0.1, -0.05) is 5.16 Å². The van der Waals surface area contributed by atoms with Gasteiger partial charge in [0.25, 0.3) is 0 Å². The largest absolute Gasteiger partial charge is 0.409 e. The molecule has 17 heavy (non-hydrogen) atoms. The molecule has 0 amide bonds. The number of hydrogen-bond donors (Lipinski definition) is 2. The minimum atomic E-state index is -0.0422. The third-order valence-corrected chi connectivity index (χ3v) is 2.57. The normalized spacial score (nSPS) is 21.6. The van der Waals surface area contributed by atoms with Crippen molar-refractivity contribution in [1.82, 2.24) is 9.97 Å². The van der Waals surface area contributed by atoms with E-state index in [1.807, 2.05) is 6.92 Å². The maximum absolute atomic E-state index is 8.51. The second-order valence-electron chi connectivity index (χ2n) is 3.87. The fraction of sp³-hybridized carbons (Fsp3) is 0.500. The fourth-order valence-corrected chi connectivity index (χ4v) is 1.69. The van der Waals surface area contributed by atoms with Crippen LogP contribution in [0.25, 0.3) is 0 Å². The summed E-state index contributed by atoms with van der Waals surface area (Å²) in [4.78, 5) is 10.4. The predicted octanol–water partition coefficient (Wildman–Crippen LogP) is -0.204. The number of nitrogens with zero attached hydrogens (tertiary/aromatic N) is 4. The van der Waals surface area contributed by atoms with Crippen molar-refractivity contribution >= 4 is 11.7 Å². The van der Waals surface area contributed by atoms with Crippen LogP contribution in [-0.2, 0) is 4.74 Å². The van der Waals surface area contributed by atoms with Crippen molar-refractivity contribution in [3.8, 4) is 0 Å². The highest BCUT2D eigenvalue weighted by atomic mass is 16.5. The van der Waals surface area contributed by atoms with Crippen molar-refractivity contribution < 1.29 is 9.94 Å². The number of rotatable bonds is 2. The van der Waals surface area contributed by atoms with Crippen LogP contribution in [0, 0.1) is 0 Å². The highest BCUT2D eigenvalue weighted by Crippen LogP contribution is 2.13. The van der Waals surface area contributed by atoms with Crippen molar-refractivity contribution in [3.05, 3.63) is 18.1 Å². The van der Waals surface area contributed by atoms with Gasteiger partial charge in [-0.15, -0.1) is 0 Å². The molecule has 1 aromatic rings. The molecule has 0 aromatic carbocycles. The highest BCUT2D eigenvalue weighted by molar-refractivity contribution is 5.94. The Morgan fingerprint density at radius 2 is 2.41 bits per heavy atom. The first-order valence-corrected chi connectivity index (χ1v) is 5.37. The van der Waals surface area contributed by atoms with E-state index in [1.54, 1.807) is 6.20 Å². The van der Waals surface area contributed by atoms with Crippen LogP contribution in [0.5, 0.6) is 0 Å². The molecule has 2 heterocycles. The van der Waals surface area contributed by atoms with E-state index in [4.69, 9.17) is 15.7 Å². The van der Waals surface area contributed by atoms with Gasteiger partial charge in [0, 0.05) is 13.1 Å². The Bertz CT molecular complexity index is 406. The summed E-state index contributed by atoms with van der Waals surface area (Å²) in [6.45, 7) is 4.29. The van der Waals surface area contributed by atoms with Crippen LogP contribution in [-0.4, -0.2) is 46.8 Å². The molecule has 1 aromatic heterocycles. The molecular weight excluding hydrogens is 222 g/mol. The van der Waals surface area contributed by atoms with Crippen LogP contribution >= 0.6 is 0 Å². The van der Waals surface area contributed by atoms with Crippen molar-refractivity contribution in [2.45, 2.75) is 13.0 Å². The first-order valence-electron chi connectivity index (χ1n) is 5.37. The zero-order chi connectivity index (χ0) is 12.3. The van der Waals surface area contributed by atoms with Crippen molar-refractivity contribution in [3.63, 3.8) is 0 Å². The lowest BCUT2D eigenvalue weighted by Gasteiger charge is -2.31. The van der Waals surface area contributed by atoms with Gasteiger partial charge in [-0.05, 0) is 6.92 Å². The molecule has 1 unspecified atom stereocenters. The number of aromatic nitrogens is 2. The molecule has 1 aliphatic rings. The smallest absolute Gasteiger partial charge is 0.190 e. The van der Waals surface area contributed by atoms with Crippen molar-refractivity contribution in [1.29, 1.82) is 0 Å². The third-order valence-electron chi connectivity index (χ3n) is 2.57. The summed E-state index contributed by atoms with van der Waals surface area (Å²) in [5.41, 5.74) is 5.77. The lowest BCUT2D eigenvalue weighted by Crippen LogP contribution is -2.41. The van der Waals surface area contributed by atoms with Gasteiger partial charge < -0.3 is 20.6 Å². The van der Waals surface area contributed by atoms with E-state index in [0.29, 0.717) is 12.3 Å². The van der Waals surface area contributed by atoms with E-state index in [9.17, 15) is 0 Å². The molecule has 1 aliphatic heterocycles. The van der Waals surface area contributed by atoms with Gasteiger partial charge in [-0.3, -0.25) is 0 Å².